The van der Waals surface area contributed by atoms with Gasteiger partial charge in [0.2, 0.25) is 5.91 Å². The Morgan fingerprint density at radius 3 is 2.31 bits per heavy atom. The average molecular weight is 359 g/mol. The molecule has 7 heteroatoms. The molecule has 1 N–H and O–H groups in total. The number of carbonyl (C=O) groups excluding carboxylic acids is 2. The first-order valence-corrected chi connectivity index (χ1v) is 10.1. The number of carbonyl (C=O) groups is 2. The first kappa shape index (κ1) is 17.5. The van der Waals surface area contributed by atoms with Crippen molar-refractivity contribution in [2.75, 3.05) is 45.8 Å². The molecular weight excluding hydrogens is 330 g/mol. The normalized spacial score (nSPS) is 22.3. The molecular formula is C19H29N5O2. The van der Waals surface area contributed by atoms with E-state index in [0.29, 0.717) is 31.2 Å². The highest BCUT2D eigenvalue weighted by atomic mass is 16.2. The second-order valence-corrected chi connectivity index (χ2v) is 7.85. The Kier molecular flexibility index (Phi) is 5.24. The number of nitrogens with one attached hydrogen (secondary N) is 1. The Labute approximate surface area is 154 Å². The SMILES string of the molecule is O=C(CN1CCN(C(=O)c2cc(C3CC3)[nH]n2)CC1)N1CCCCCC1. The fraction of sp³-hybridized carbons (Fsp3) is 0.737. The Balaban J connectivity index is 1.25. The fourth-order valence-corrected chi connectivity index (χ4v) is 3.93. The zero-order chi connectivity index (χ0) is 17.9. The van der Waals surface area contributed by atoms with Crippen LogP contribution in [0.3, 0.4) is 0 Å². The van der Waals surface area contributed by atoms with E-state index >= 15 is 0 Å². The van der Waals surface area contributed by atoms with Gasteiger partial charge in [-0.05, 0) is 31.7 Å². The number of amides is 2. The van der Waals surface area contributed by atoms with Gasteiger partial charge in [0.05, 0.1) is 6.54 Å². The van der Waals surface area contributed by atoms with E-state index in [9.17, 15) is 9.59 Å². The van der Waals surface area contributed by atoms with Gasteiger partial charge in [0.25, 0.3) is 5.91 Å². The molecule has 0 bridgehead atoms. The van der Waals surface area contributed by atoms with Crippen LogP contribution in [0.5, 0.6) is 0 Å². The number of rotatable bonds is 4. The van der Waals surface area contributed by atoms with E-state index in [4.69, 9.17) is 0 Å². The van der Waals surface area contributed by atoms with Gasteiger partial charge >= 0.3 is 0 Å². The number of H-pyrrole nitrogens is 1. The van der Waals surface area contributed by atoms with Crippen molar-refractivity contribution in [2.45, 2.75) is 44.4 Å². The lowest BCUT2D eigenvalue weighted by molar-refractivity contribution is -0.132. The number of hydrogen-bond donors (Lipinski definition) is 1. The van der Waals surface area contributed by atoms with Crippen molar-refractivity contribution in [3.63, 3.8) is 0 Å². The lowest BCUT2D eigenvalue weighted by Crippen LogP contribution is -2.51. The predicted molar refractivity (Wildman–Crippen MR) is 98.0 cm³/mol. The van der Waals surface area contributed by atoms with Gasteiger partial charge in [0.15, 0.2) is 0 Å². The Morgan fingerprint density at radius 2 is 1.65 bits per heavy atom. The van der Waals surface area contributed by atoms with Gasteiger partial charge in [-0.2, -0.15) is 5.10 Å². The minimum atomic E-state index is 0.00615. The van der Waals surface area contributed by atoms with E-state index in [1.807, 2.05) is 15.9 Å². The molecule has 2 saturated heterocycles. The summed E-state index contributed by atoms with van der Waals surface area (Å²) < 4.78 is 0. The molecule has 7 nitrogen and oxygen atoms in total. The molecule has 3 aliphatic rings. The topological polar surface area (TPSA) is 72.5 Å². The van der Waals surface area contributed by atoms with Crippen molar-refractivity contribution in [3.05, 3.63) is 17.5 Å². The number of piperazine rings is 1. The smallest absolute Gasteiger partial charge is 0.274 e. The quantitative estimate of drug-likeness (QED) is 0.883. The molecule has 0 spiro atoms. The van der Waals surface area contributed by atoms with Crippen LogP contribution in [-0.4, -0.2) is 82.5 Å². The minimum absolute atomic E-state index is 0.00615. The highest BCUT2D eigenvalue weighted by Crippen LogP contribution is 2.39. The summed E-state index contributed by atoms with van der Waals surface area (Å²) in [6.45, 7) is 5.13. The van der Waals surface area contributed by atoms with Crippen molar-refractivity contribution in [1.29, 1.82) is 0 Å². The standard InChI is InChI=1S/C19H29N5O2/c25-18(23-7-3-1-2-4-8-23)14-22-9-11-24(12-10-22)19(26)17-13-16(20-21-17)15-5-6-15/h13,15H,1-12,14H2,(H,20,21). The monoisotopic (exact) mass is 359 g/mol. The van der Waals surface area contributed by atoms with Gasteiger partial charge in [-0.3, -0.25) is 19.6 Å². The largest absolute Gasteiger partial charge is 0.342 e. The molecule has 2 aliphatic heterocycles. The third-order valence-corrected chi connectivity index (χ3v) is 5.81. The van der Waals surface area contributed by atoms with E-state index in [1.54, 1.807) is 0 Å². The summed E-state index contributed by atoms with van der Waals surface area (Å²) in [5.41, 5.74) is 1.62. The fourth-order valence-electron chi connectivity index (χ4n) is 3.93. The maximum atomic E-state index is 12.6. The first-order chi connectivity index (χ1) is 12.7. The highest BCUT2D eigenvalue weighted by molar-refractivity contribution is 5.92. The first-order valence-electron chi connectivity index (χ1n) is 10.1. The van der Waals surface area contributed by atoms with Crippen LogP contribution >= 0.6 is 0 Å². The number of hydrogen-bond acceptors (Lipinski definition) is 4. The van der Waals surface area contributed by atoms with Gasteiger partial charge in [-0.15, -0.1) is 0 Å². The summed E-state index contributed by atoms with van der Waals surface area (Å²) in [7, 11) is 0. The minimum Gasteiger partial charge on any atom is -0.342 e. The summed E-state index contributed by atoms with van der Waals surface area (Å²) in [6, 6.07) is 1.91. The van der Waals surface area contributed by atoms with E-state index in [-0.39, 0.29) is 11.8 Å². The zero-order valence-corrected chi connectivity index (χ0v) is 15.5. The second-order valence-electron chi connectivity index (χ2n) is 7.85. The third kappa shape index (κ3) is 4.09. The molecule has 4 rings (SSSR count). The molecule has 142 valence electrons. The van der Waals surface area contributed by atoms with Crippen LogP contribution in [0.1, 0.15) is 60.6 Å². The van der Waals surface area contributed by atoms with E-state index in [1.165, 1.54) is 25.7 Å². The van der Waals surface area contributed by atoms with Crippen molar-refractivity contribution in [1.82, 2.24) is 24.9 Å². The number of aromatic nitrogens is 2. The number of nitrogens with zero attached hydrogens (tertiary/aromatic N) is 4. The molecule has 0 unspecified atom stereocenters. The highest BCUT2D eigenvalue weighted by Gasteiger charge is 2.29. The molecule has 1 aromatic heterocycles. The molecule has 3 heterocycles. The zero-order valence-electron chi connectivity index (χ0n) is 15.5. The van der Waals surface area contributed by atoms with Gasteiger partial charge in [0, 0.05) is 50.9 Å². The van der Waals surface area contributed by atoms with E-state index in [0.717, 1.165) is 44.7 Å². The van der Waals surface area contributed by atoms with Crippen LogP contribution < -0.4 is 0 Å². The molecule has 0 atom stereocenters. The molecule has 0 aromatic carbocycles. The van der Waals surface area contributed by atoms with Gasteiger partial charge in [-0.25, -0.2) is 0 Å². The molecule has 0 radical (unpaired) electrons. The van der Waals surface area contributed by atoms with E-state index < -0.39 is 0 Å². The van der Waals surface area contributed by atoms with E-state index in [2.05, 4.69) is 15.1 Å². The molecule has 3 fully saturated rings. The third-order valence-electron chi connectivity index (χ3n) is 5.81. The van der Waals surface area contributed by atoms with Crippen molar-refractivity contribution < 1.29 is 9.59 Å². The van der Waals surface area contributed by atoms with Crippen LogP contribution in [0.4, 0.5) is 0 Å². The van der Waals surface area contributed by atoms with Crippen molar-refractivity contribution in [2.24, 2.45) is 0 Å². The van der Waals surface area contributed by atoms with Gasteiger partial charge in [0.1, 0.15) is 5.69 Å². The summed E-state index contributed by atoms with van der Waals surface area (Å²) in [4.78, 5) is 31.2. The predicted octanol–water partition coefficient (Wildman–Crippen LogP) is 1.45. The summed E-state index contributed by atoms with van der Waals surface area (Å²) >= 11 is 0. The van der Waals surface area contributed by atoms with Crippen molar-refractivity contribution >= 4 is 11.8 Å². The summed E-state index contributed by atoms with van der Waals surface area (Å²) in [5.74, 6) is 0.825. The molecule has 2 amide bonds. The van der Waals surface area contributed by atoms with Crippen LogP contribution in [-0.2, 0) is 4.79 Å². The number of aromatic amines is 1. The van der Waals surface area contributed by atoms with Gasteiger partial charge in [-0.1, -0.05) is 12.8 Å². The summed E-state index contributed by atoms with van der Waals surface area (Å²) in [6.07, 6.45) is 7.11. The lowest BCUT2D eigenvalue weighted by Gasteiger charge is -2.35. The Bertz CT molecular complexity index is 638. The average Bonchev–Trinajstić information content (AvgIpc) is 3.45. The molecule has 1 saturated carbocycles. The van der Waals surface area contributed by atoms with Crippen LogP contribution in [0.25, 0.3) is 0 Å². The van der Waals surface area contributed by atoms with Crippen LogP contribution in [0.15, 0.2) is 6.07 Å². The van der Waals surface area contributed by atoms with Crippen LogP contribution in [0.2, 0.25) is 0 Å². The summed E-state index contributed by atoms with van der Waals surface area (Å²) in [5, 5.41) is 7.21. The molecule has 1 aliphatic carbocycles. The molecule has 1 aromatic rings. The maximum Gasteiger partial charge on any atom is 0.274 e. The van der Waals surface area contributed by atoms with Crippen LogP contribution in [0, 0.1) is 0 Å². The van der Waals surface area contributed by atoms with Crippen molar-refractivity contribution in [3.8, 4) is 0 Å². The Hall–Kier alpha value is -1.89. The number of likely N-dealkylation sites (tertiary alicyclic amines) is 1. The van der Waals surface area contributed by atoms with Gasteiger partial charge < -0.3 is 9.80 Å². The lowest BCUT2D eigenvalue weighted by atomic mass is 10.2. The maximum absolute atomic E-state index is 12.6. The molecule has 26 heavy (non-hydrogen) atoms. The Morgan fingerprint density at radius 1 is 0.962 bits per heavy atom. The second kappa shape index (κ2) is 7.78.